The van der Waals surface area contributed by atoms with Crippen LogP contribution in [0.15, 0.2) is 117 Å². The van der Waals surface area contributed by atoms with Crippen molar-refractivity contribution in [2.45, 2.75) is 153 Å². The van der Waals surface area contributed by atoms with Crippen molar-refractivity contribution in [1.29, 1.82) is 0 Å². The summed E-state index contributed by atoms with van der Waals surface area (Å²) >= 11 is 0. The van der Waals surface area contributed by atoms with Crippen molar-refractivity contribution in [2.24, 2.45) is 23.7 Å². The monoisotopic (exact) mass is 940 g/mol. The van der Waals surface area contributed by atoms with Crippen molar-refractivity contribution in [1.82, 2.24) is 0 Å². The fourth-order valence-corrected chi connectivity index (χ4v) is 7.34. The van der Waals surface area contributed by atoms with E-state index in [2.05, 4.69) is 20.1 Å². The van der Waals surface area contributed by atoms with Gasteiger partial charge in [-0.1, -0.05) is 117 Å². The van der Waals surface area contributed by atoms with Crippen LogP contribution in [0.2, 0.25) is 0 Å². The van der Waals surface area contributed by atoms with Gasteiger partial charge in [0.2, 0.25) is 0 Å². The zero-order valence-corrected chi connectivity index (χ0v) is 39.6. The molecular weight excluding hydrogens is 869 g/mol. The highest BCUT2D eigenvalue weighted by atomic mass is 16.5. The van der Waals surface area contributed by atoms with Gasteiger partial charge in [0.15, 0.2) is 0 Å². The Morgan fingerprint density at radius 3 is 1.22 bits per heavy atom. The van der Waals surface area contributed by atoms with E-state index in [9.17, 15) is 19.2 Å². The Hall–Kier alpha value is -5.50. The van der Waals surface area contributed by atoms with Gasteiger partial charge in [-0.05, 0) is 100 Å². The molecule has 3 aromatic carbocycles. The summed E-state index contributed by atoms with van der Waals surface area (Å²) in [5.41, 5.74) is 3.04. The van der Waals surface area contributed by atoms with Crippen molar-refractivity contribution in [3.05, 3.63) is 133 Å². The fourth-order valence-electron chi connectivity index (χ4n) is 7.34. The Kier molecular flexibility index (Phi) is 23.1. The molecule has 0 saturated heterocycles. The molecule has 6 fully saturated rings. The molecule has 9 rings (SSSR count). The van der Waals surface area contributed by atoms with Crippen LogP contribution in [0.1, 0.15) is 114 Å². The highest BCUT2D eigenvalue weighted by Crippen LogP contribution is 2.37. The molecule has 370 valence electrons. The van der Waals surface area contributed by atoms with Gasteiger partial charge in [0.25, 0.3) is 0 Å². The number of benzene rings is 3. The summed E-state index contributed by atoms with van der Waals surface area (Å²) < 4.78 is 36.9. The largest absolute Gasteiger partial charge is 0.502 e. The molecule has 0 aliphatic heterocycles. The Labute approximate surface area is 402 Å². The van der Waals surface area contributed by atoms with Crippen molar-refractivity contribution in [2.75, 3.05) is 6.61 Å². The number of carboxylic acids is 1. The summed E-state index contributed by atoms with van der Waals surface area (Å²) in [6.45, 7) is 10.9. The van der Waals surface area contributed by atoms with E-state index in [4.69, 9.17) is 43.4 Å². The SMILES string of the molecule is C=COC1CC(C(=O)OCc2ccccc2)C1.C=COCCCC.O=C(O)C1CC(OC2CC2)C1.O=C(OCc1ccccc1)C1CC(O)C1.O=C(OCc1ccccc1)C1CC(OC2CC2)C1. The van der Waals surface area contributed by atoms with Gasteiger partial charge in [0, 0.05) is 0 Å². The maximum Gasteiger partial charge on any atom is 0.309 e. The molecule has 0 atom stereocenters. The first kappa shape index (κ1) is 53.5. The number of aliphatic hydroxyl groups excluding tert-OH is 1. The molecule has 0 unspecified atom stereocenters. The maximum absolute atomic E-state index is 11.8. The summed E-state index contributed by atoms with van der Waals surface area (Å²) in [6, 6.07) is 29.1. The molecule has 0 radical (unpaired) electrons. The van der Waals surface area contributed by atoms with Gasteiger partial charge in [0.05, 0.1) is 79.4 Å². The minimum Gasteiger partial charge on any atom is -0.502 e. The van der Waals surface area contributed by atoms with Crippen LogP contribution in [0.5, 0.6) is 0 Å². The van der Waals surface area contributed by atoms with E-state index >= 15 is 0 Å². The number of carboxylic acid groups (broad SMARTS) is 1. The number of carbonyl (C=O) groups is 4. The third-order valence-electron chi connectivity index (χ3n) is 12.3. The highest BCUT2D eigenvalue weighted by Gasteiger charge is 2.40. The van der Waals surface area contributed by atoms with Crippen LogP contribution in [0.4, 0.5) is 0 Å². The predicted octanol–water partition coefficient (Wildman–Crippen LogP) is 9.83. The van der Waals surface area contributed by atoms with Crippen LogP contribution in [0.3, 0.4) is 0 Å². The minimum absolute atomic E-state index is 0.0105. The molecule has 3 aromatic rings. The predicted molar refractivity (Wildman–Crippen MR) is 255 cm³/mol. The molecule has 0 amide bonds. The van der Waals surface area contributed by atoms with Crippen molar-refractivity contribution in [3.63, 3.8) is 0 Å². The number of unbranched alkanes of at least 4 members (excludes halogenated alkanes) is 1. The van der Waals surface area contributed by atoms with Crippen molar-refractivity contribution >= 4 is 23.9 Å². The average Bonchev–Trinajstić information content (AvgIpc) is 4.26. The third-order valence-corrected chi connectivity index (χ3v) is 12.3. The number of rotatable bonds is 20. The topological polar surface area (TPSA) is 173 Å². The number of esters is 3. The quantitative estimate of drug-likeness (QED) is 0.0475. The number of aliphatic hydroxyl groups is 1. The van der Waals surface area contributed by atoms with E-state index in [1.54, 1.807) is 0 Å². The molecule has 13 nitrogen and oxygen atoms in total. The molecule has 0 bridgehead atoms. The number of aliphatic carboxylic acids is 1. The first-order valence-electron chi connectivity index (χ1n) is 24.4. The lowest BCUT2D eigenvalue weighted by molar-refractivity contribution is -0.160. The van der Waals surface area contributed by atoms with Crippen molar-refractivity contribution < 1.29 is 62.5 Å². The lowest BCUT2D eigenvalue weighted by atomic mass is 9.82. The Balaban J connectivity index is 0.000000164. The number of hydrogen-bond acceptors (Lipinski definition) is 12. The van der Waals surface area contributed by atoms with Gasteiger partial charge >= 0.3 is 23.9 Å². The van der Waals surface area contributed by atoms with E-state index in [1.807, 2.05) is 91.0 Å². The molecule has 0 heterocycles. The van der Waals surface area contributed by atoms with E-state index in [0.29, 0.717) is 51.0 Å². The standard InChI is InChI=1S/C15H18O3.C14H16O3.C12H14O3.C8H12O3.C6H12O/c16-15(17-10-11-4-2-1-3-5-11)12-8-14(9-12)18-13-6-7-13;1-2-16-13-8-12(9-13)14(15)17-10-11-6-4-3-5-7-11;13-11-6-10(7-11)12(14)15-8-9-4-2-1-3-5-9;9-8(10)5-3-7(4-5)11-6-1-2-6;1-3-5-6-7-4-2/h1-5,12-14H,6-10H2;2-7,12-13H,1,8-10H2;1-5,10-11,13H,6-8H2;5-7H,1-4H2,(H,9,10);4H,2-3,5-6H2,1H3. The molecule has 6 saturated carbocycles. The first-order valence-corrected chi connectivity index (χ1v) is 24.4. The number of carbonyl (C=O) groups excluding carboxylic acids is 3. The van der Waals surface area contributed by atoms with E-state index < -0.39 is 5.97 Å². The highest BCUT2D eigenvalue weighted by molar-refractivity contribution is 5.74. The van der Waals surface area contributed by atoms with Crippen LogP contribution in [0.25, 0.3) is 0 Å². The Morgan fingerprint density at radius 2 is 0.897 bits per heavy atom. The molecule has 0 aromatic heterocycles. The van der Waals surface area contributed by atoms with Gasteiger partial charge in [-0.25, -0.2) is 0 Å². The summed E-state index contributed by atoms with van der Waals surface area (Å²) in [4.78, 5) is 45.2. The summed E-state index contributed by atoms with van der Waals surface area (Å²) in [7, 11) is 0. The normalized spacial score (nSPS) is 24.7. The van der Waals surface area contributed by atoms with Crippen LogP contribution >= 0.6 is 0 Å². The number of hydrogen-bond donors (Lipinski definition) is 2. The second kappa shape index (κ2) is 29.4. The van der Waals surface area contributed by atoms with Crippen LogP contribution < -0.4 is 0 Å². The molecule has 6 aliphatic rings. The molecule has 6 aliphatic carbocycles. The molecular formula is C55H72O13. The van der Waals surface area contributed by atoms with Gasteiger partial charge in [-0.15, -0.1) is 0 Å². The van der Waals surface area contributed by atoms with Gasteiger partial charge in [-0.2, -0.15) is 0 Å². The van der Waals surface area contributed by atoms with E-state index in [0.717, 1.165) is 68.2 Å². The number of ether oxygens (including phenoxy) is 7. The maximum atomic E-state index is 11.8. The molecule has 2 N–H and O–H groups in total. The van der Waals surface area contributed by atoms with E-state index in [-0.39, 0.29) is 59.9 Å². The lowest BCUT2D eigenvalue weighted by Crippen LogP contribution is -2.37. The molecule has 68 heavy (non-hydrogen) atoms. The third kappa shape index (κ3) is 20.4. The lowest BCUT2D eigenvalue weighted by Gasteiger charge is -2.33. The average molecular weight is 941 g/mol. The summed E-state index contributed by atoms with van der Waals surface area (Å²) in [5.74, 6) is -1.24. The Bertz CT molecular complexity index is 1930. The second-order valence-corrected chi connectivity index (χ2v) is 18.2. The molecule has 13 heteroatoms. The van der Waals surface area contributed by atoms with Crippen LogP contribution in [0, 0.1) is 23.7 Å². The molecule has 0 spiro atoms. The van der Waals surface area contributed by atoms with Gasteiger partial charge in [0.1, 0.15) is 19.8 Å². The van der Waals surface area contributed by atoms with Gasteiger partial charge < -0.3 is 43.4 Å². The van der Waals surface area contributed by atoms with Gasteiger partial charge in [-0.3, -0.25) is 19.2 Å². The van der Waals surface area contributed by atoms with E-state index in [1.165, 1.54) is 44.6 Å². The summed E-state index contributed by atoms with van der Waals surface area (Å²) in [6.07, 6.45) is 17.0. The zero-order chi connectivity index (χ0) is 48.5. The summed E-state index contributed by atoms with van der Waals surface area (Å²) in [5, 5.41) is 17.6. The van der Waals surface area contributed by atoms with Crippen LogP contribution in [-0.2, 0) is 72.2 Å². The smallest absolute Gasteiger partial charge is 0.309 e. The second-order valence-electron chi connectivity index (χ2n) is 18.2. The van der Waals surface area contributed by atoms with Crippen LogP contribution in [-0.4, -0.2) is 77.3 Å². The zero-order valence-electron chi connectivity index (χ0n) is 39.6. The van der Waals surface area contributed by atoms with Crippen molar-refractivity contribution in [3.8, 4) is 0 Å². The minimum atomic E-state index is -0.666. The fraction of sp³-hybridized carbons (Fsp3) is 0.527. The first-order chi connectivity index (χ1) is 33.0. The Morgan fingerprint density at radius 1 is 0.529 bits per heavy atom.